The van der Waals surface area contributed by atoms with Gasteiger partial charge >= 0.3 is 5.97 Å². The molecular formula is C22H25NO6. The normalized spacial score (nSPS) is 10.2. The quantitative estimate of drug-likeness (QED) is 0.487. The van der Waals surface area contributed by atoms with Crippen LogP contribution in [0.1, 0.15) is 47.1 Å². The van der Waals surface area contributed by atoms with E-state index in [2.05, 4.69) is 5.32 Å². The number of carbonyl (C=O) groups is 3. The molecule has 0 aromatic heterocycles. The van der Waals surface area contributed by atoms with E-state index in [-0.39, 0.29) is 18.9 Å². The number of amides is 1. The van der Waals surface area contributed by atoms with Crippen LogP contribution >= 0.6 is 0 Å². The van der Waals surface area contributed by atoms with Crippen LogP contribution in [0.2, 0.25) is 0 Å². The van der Waals surface area contributed by atoms with Gasteiger partial charge in [0.1, 0.15) is 24.7 Å². The first kappa shape index (κ1) is 21.9. The predicted molar refractivity (Wildman–Crippen MR) is 107 cm³/mol. The van der Waals surface area contributed by atoms with E-state index < -0.39 is 11.9 Å². The van der Waals surface area contributed by atoms with Crippen molar-refractivity contribution in [1.29, 1.82) is 0 Å². The highest BCUT2D eigenvalue weighted by atomic mass is 16.5. The zero-order valence-corrected chi connectivity index (χ0v) is 16.8. The summed E-state index contributed by atoms with van der Waals surface area (Å²) < 4.78 is 16.2. The van der Waals surface area contributed by atoms with Crippen molar-refractivity contribution < 1.29 is 28.6 Å². The van der Waals surface area contributed by atoms with Crippen LogP contribution < -0.4 is 14.8 Å². The molecule has 0 radical (unpaired) electrons. The Kier molecular flexibility index (Phi) is 8.21. The number of Topliss-reactive ketones (excluding diaryl/α,β-unsaturated/α-hetero) is 1. The summed E-state index contributed by atoms with van der Waals surface area (Å²) in [5.74, 6) is -0.147. The number of hydrogen-bond acceptors (Lipinski definition) is 6. The van der Waals surface area contributed by atoms with Gasteiger partial charge in [-0.15, -0.1) is 0 Å². The van der Waals surface area contributed by atoms with Crippen LogP contribution in [0.5, 0.6) is 11.5 Å². The molecule has 1 amide bonds. The van der Waals surface area contributed by atoms with Gasteiger partial charge in [0, 0.05) is 11.1 Å². The van der Waals surface area contributed by atoms with Crippen LogP contribution in [0.4, 0.5) is 0 Å². The van der Waals surface area contributed by atoms with Crippen LogP contribution in [0.3, 0.4) is 0 Å². The highest BCUT2D eigenvalue weighted by Crippen LogP contribution is 2.22. The zero-order chi connectivity index (χ0) is 21.2. The number of esters is 1. The van der Waals surface area contributed by atoms with Crippen molar-refractivity contribution in [3.8, 4) is 11.5 Å². The Labute approximate surface area is 170 Å². The first-order valence-corrected chi connectivity index (χ1v) is 9.38. The van der Waals surface area contributed by atoms with Gasteiger partial charge in [0.2, 0.25) is 0 Å². The summed E-state index contributed by atoms with van der Waals surface area (Å²) in [4.78, 5) is 36.0. The van der Waals surface area contributed by atoms with Gasteiger partial charge in [0.15, 0.2) is 5.78 Å². The zero-order valence-electron chi connectivity index (χ0n) is 16.8. The van der Waals surface area contributed by atoms with E-state index in [9.17, 15) is 14.4 Å². The molecule has 7 nitrogen and oxygen atoms in total. The summed E-state index contributed by atoms with van der Waals surface area (Å²) in [6.07, 6.45) is 0. The minimum absolute atomic E-state index is 0.0688. The third-order valence-corrected chi connectivity index (χ3v) is 3.98. The minimum atomic E-state index is -0.608. The third kappa shape index (κ3) is 6.34. The molecule has 0 bridgehead atoms. The Hall–Kier alpha value is -3.35. The van der Waals surface area contributed by atoms with E-state index >= 15 is 0 Å². The SMILES string of the molecule is CCOc1ccc(C(C)=O)cc1COC(=O)CNC(=O)c1ccccc1OCC. The summed E-state index contributed by atoms with van der Waals surface area (Å²) in [5, 5.41) is 2.52. The lowest BCUT2D eigenvalue weighted by Gasteiger charge is -2.13. The van der Waals surface area contributed by atoms with Gasteiger partial charge in [-0.2, -0.15) is 0 Å². The standard InChI is InChI=1S/C22H25NO6/c1-4-27-19-11-10-16(15(3)24)12-17(19)14-29-21(25)13-23-22(26)18-8-6-7-9-20(18)28-5-2/h6-12H,4-5,13-14H2,1-3H3,(H,23,26). The lowest BCUT2D eigenvalue weighted by Crippen LogP contribution is -2.30. The molecule has 0 unspecified atom stereocenters. The van der Waals surface area contributed by atoms with Gasteiger partial charge in [0.25, 0.3) is 5.91 Å². The third-order valence-electron chi connectivity index (χ3n) is 3.98. The molecule has 0 saturated heterocycles. The second kappa shape index (κ2) is 10.8. The van der Waals surface area contributed by atoms with E-state index in [1.165, 1.54) is 6.92 Å². The molecule has 1 N–H and O–H groups in total. The number of hydrogen-bond donors (Lipinski definition) is 1. The molecule has 0 spiro atoms. The molecule has 0 fully saturated rings. The molecule has 0 aliphatic heterocycles. The molecule has 0 heterocycles. The molecule has 0 atom stereocenters. The molecule has 2 aromatic rings. The summed E-state index contributed by atoms with van der Waals surface area (Å²) in [6.45, 7) is 5.62. The van der Waals surface area contributed by atoms with Crippen molar-refractivity contribution in [3.05, 3.63) is 59.2 Å². The average Bonchev–Trinajstić information content (AvgIpc) is 2.72. The molecule has 0 saturated carbocycles. The lowest BCUT2D eigenvalue weighted by molar-refractivity contribution is -0.143. The van der Waals surface area contributed by atoms with E-state index in [1.807, 2.05) is 13.8 Å². The molecule has 0 aliphatic rings. The summed E-state index contributed by atoms with van der Waals surface area (Å²) in [5.41, 5.74) is 1.43. The highest BCUT2D eigenvalue weighted by molar-refractivity contribution is 5.98. The molecule has 29 heavy (non-hydrogen) atoms. The predicted octanol–water partition coefficient (Wildman–Crippen LogP) is 3.16. The number of para-hydroxylation sites is 1. The van der Waals surface area contributed by atoms with E-state index in [4.69, 9.17) is 14.2 Å². The first-order valence-electron chi connectivity index (χ1n) is 9.38. The molecule has 2 aromatic carbocycles. The van der Waals surface area contributed by atoms with Crippen molar-refractivity contribution in [2.24, 2.45) is 0 Å². The Morgan fingerprint density at radius 3 is 2.31 bits per heavy atom. The molecule has 7 heteroatoms. The van der Waals surface area contributed by atoms with Gasteiger partial charge in [-0.1, -0.05) is 12.1 Å². The van der Waals surface area contributed by atoms with Crippen LogP contribution in [0.15, 0.2) is 42.5 Å². The van der Waals surface area contributed by atoms with Crippen molar-refractivity contribution in [2.45, 2.75) is 27.4 Å². The minimum Gasteiger partial charge on any atom is -0.493 e. The van der Waals surface area contributed by atoms with Gasteiger partial charge in [-0.3, -0.25) is 14.4 Å². The van der Waals surface area contributed by atoms with Crippen LogP contribution in [0, 0.1) is 0 Å². The molecule has 0 aliphatic carbocycles. The molecule has 2 rings (SSSR count). The number of rotatable bonds is 10. The average molecular weight is 399 g/mol. The maximum atomic E-state index is 12.3. The van der Waals surface area contributed by atoms with E-state index in [1.54, 1.807) is 42.5 Å². The number of nitrogens with one attached hydrogen (secondary N) is 1. The lowest BCUT2D eigenvalue weighted by atomic mass is 10.1. The number of benzene rings is 2. The Morgan fingerprint density at radius 1 is 0.931 bits per heavy atom. The first-order chi connectivity index (χ1) is 14.0. The maximum Gasteiger partial charge on any atom is 0.325 e. The summed E-state index contributed by atoms with van der Waals surface area (Å²) in [6, 6.07) is 11.8. The van der Waals surface area contributed by atoms with Gasteiger partial charge in [0.05, 0.1) is 18.8 Å². The smallest absolute Gasteiger partial charge is 0.325 e. The fourth-order valence-corrected chi connectivity index (χ4v) is 2.60. The van der Waals surface area contributed by atoms with Crippen LogP contribution in [0.25, 0.3) is 0 Å². The second-order valence-corrected chi connectivity index (χ2v) is 6.08. The highest BCUT2D eigenvalue weighted by Gasteiger charge is 2.15. The monoisotopic (exact) mass is 399 g/mol. The fourth-order valence-electron chi connectivity index (χ4n) is 2.60. The van der Waals surface area contributed by atoms with Crippen molar-refractivity contribution in [1.82, 2.24) is 5.32 Å². The van der Waals surface area contributed by atoms with Crippen molar-refractivity contribution >= 4 is 17.7 Å². The van der Waals surface area contributed by atoms with Crippen molar-refractivity contribution in [2.75, 3.05) is 19.8 Å². The Bertz CT molecular complexity index is 877. The van der Waals surface area contributed by atoms with Crippen molar-refractivity contribution in [3.63, 3.8) is 0 Å². The fraction of sp³-hybridized carbons (Fsp3) is 0.318. The summed E-state index contributed by atoms with van der Waals surface area (Å²) in [7, 11) is 0. The van der Waals surface area contributed by atoms with Gasteiger partial charge < -0.3 is 19.5 Å². The molecule has 154 valence electrons. The Morgan fingerprint density at radius 2 is 1.62 bits per heavy atom. The van der Waals surface area contributed by atoms with Gasteiger partial charge in [-0.25, -0.2) is 0 Å². The van der Waals surface area contributed by atoms with E-state index in [0.29, 0.717) is 41.4 Å². The number of ketones is 1. The second-order valence-electron chi connectivity index (χ2n) is 6.08. The maximum absolute atomic E-state index is 12.3. The van der Waals surface area contributed by atoms with Crippen LogP contribution in [-0.4, -0.2) is 37.4 Å². The van der Waals surface area contributed by atoms with E-state index in [0.717, 1.165) is 0 Å². The van der Waals surface area contributed by atoms with Gasteiger partial charge in [-0.05, 0) is 51.1 Å². The topological polar surface area (TPSA) is 90.9 Å². The number of carbonyl (C=O) groups excluding carboxylic acids is 3. The number of ether oxygens (including phenoxy) is 3. The molecular weight excluding hydrogens is 374 g/mol. The largest absolute Gasteiger partial charge is 0.493 e. The van der Waals surface area contributed by atoms with Crippen LogP contribution in [-0.2, 0) is 16.1 Å². The summed E-state index contributed by atoms with van der Waals surface area (Å²) >= 11 is 0. The Balaban J connectivity index is 1.96.